The monoisotopic (exact) mass is 225 g/mol. The van der Waals surface area contributed by atoms with Crippen LogP contribution >= 0.6 is 0 Å². The number of benzene rings is 1. The lowest BCUT2D eigenvalue weighted by Crippen LogP contribution is -2.25. The second kappa shape index (κ2) is 6.61. The summed E-state index contributed by atoms with van der Waals surface area (Å²) in [7, 11) is 0. The van der Waals surface area contributed by atoms with Crippen LogP contribution < -0.4 is 5.32 Å². The maximum Gasteiger partial charge on any atom is 0.123 e. The molecule has 2 atom stereocenters. The summed E-state index contributed by atoms with van der Waals surface area (Å²) in [4.78, 5) is 0. The van der Waals surface area contributed by atoms with Crippen LogP contribution in [0.15, 0.2) is 24.3 Å². The highest BCUT2D eigenvalue weighted by Crippen LogP contribution is 2.14. The third-order valence-electron chi connectivity index (χ3n) is 2.74. The number of hydrogen-bond acceptors (Lipinski definition) is 2. The van der Waals surface area contributed by atoms with Crippen LogP contribution in [0.25, 0.3) is 0 Å². The predicted molar refractivity (Wildman–Crippen MR) is 63.7 cm³/mol. The molecule has 3 heteroatoms. The van der Waals surface area contributed by atoms with Gasteiger partial charge in [-0.25, -0.2) is 4.39 Å². The van der Waals surface area contributed by atoms with Gasteiger partial charge in [-0.15, -0.1) is 0 Å². The molecule has 0 saturated heterocycles. The molecule has 0 amide bonds. The fraction of sp³-hybridized carbons (Fsp3) is 0.538. The van der Waals surface area contributed by atoms with E-state index in [1.165, 1.54) is 6.07 Å². The van der Waals surface area contributed by atoms with Gasteiger partial charge in [0, 0.05) is 12.6 Å². The van der Waals surface area contributed by atoms with Gasteiger partial charge in [-0.1, -0.05) is 19.1 Å². The van der Waals surface area contributed by atoms with Crippen LogP contribution in [0.2, 0.25) is 0 Å². The Morgan fingerprint density at radius 2 is 2.12 bits per heavy atom. The summed E-state index contributed by atoms with van der Waals surface area (Å²) in [5.74, 6) is 0.232. The van der Waals surface area contributed by atoms with Gasteiger partial charge in [0.2, 0.25) is 0 Å². The van der Waals surface area contributed by atoms with Crippen LogP contribution in [0.3, 0.4) is 0 Å². The highest BCUT2D eigenvalue weighted by molar-refractivity contribution is 5.19. The Morgan fingerprint density at radius 3 is 2.75 bits per heavy atom. The van der Waals surface area contributed by atoms with Crippen LogP contribution in [0, 0.1) is 11.7 Å². The van der Waals surface area contributed by atoms with Crippen molar-refractivity contribution in [1.29, 1.82) is 0 Å². The highest BCUT2D eigenvalue weighted by Gasteiger charge is 2.07. The molecule has 0 saturated carbocycles. The molecule has 2 nitrogen and oxygen atoms in total. The van der Waals surface area contributed by atoms with Crippen molar-refractivity contribution in [2.75, 3.05) is 13.2 Å². The van der Waals surface area contributed by atoms with Crippen LogP contribution in [0.4, 0.5) is 4.39 Å². The normalized spacial score (nSPS) is 14.8. The molecule has 0 aliphatic rings. The number of aliphatic hydroxyl groups excluding tert-OH is 1. The fourth-order valence-electron chi connectivity index (χ4n) is 1.59. The molecular formula is C13H20FNO. The standard InChI is InChI=1S/C13H20FNO/c1-10(6-7-16)9-15-11(2)12-4-3-5-13(14)8-12/h3-5,8,10-11,15-16H,6-7,9H2,1-2H3. The van der Waals surface area contributed by atoms with Gasteiger partial charge >= 0.3 is 0 Å². The molecule has 0 aliphatic carbocycles. The second-order valence-electron chi connectivity index (χ2n) is 4.30. The lowest BCUT2D eigenvalue weighted by molar-refractivity contribution is 0.258. The quantitative estimate of drug-likeness (QED) is 0.779. The molecule has 0 aliphatic heterocycles. The summed E-state index contributed by atoms with van der Waals surface area (Å²) in [6, 6.07) is 6.77. The molecule has 0 bridgehead atoms. The first-order valence-electron chi connectivity index (χ1n) is 5.73. The molecule has 2 N–H and O–H groups in total. The zero-order valence-corrected chi connectivity index (χ0v) is 9.91. The van der Waals surface area contributed by atoms with E-state index >= 15 is 0 Å². The maximum atomic E-state index is 13.0. The molecular weight excluding hydrogens is 205 g/mol. The number of rotatable bonds is 6. The number of aliphatic hydroxyl groups is 1. The molecule has 16 heavy (non-hydrogen) atoms. The van der Waals surface area contributed by atoms with Crippen molar-refractivity contribution in [2.24, 2.45) is 5.92 Å². The van der Waals surface area contributed by atoms with E-state index in [9.17, 15) is 4.39 Å². The van der Waals surface area contributed by atoms with Gasteiger partial charge in [0.25, 0.3) is 0 Å². The molecule has 1 aromatic rings. The van der Waals surface area contributed by atoms with Gasteiger partial charge in [0.05, 0.1) is 0 Å². The molecule has 0 fully saturated rings. The zero-order chi connectivity index (χ0) is 12.0. The lowest BCUT2D eigenvalue weighted by Gasteiger charge is -2.17. The summed E-state index contributed by atoms with van der Waals surface area (Å²) in [6.45, 7) is 5.15. The average Bonchev–Trinajstić information content (AvgIpc) is 2.26. The molecule has 1 rings (SSSR count). The second-order valence-corrected chi connectivity index (χ2v) is 4.30. The van der Waals surface area contributed by atoms with Crippen molar-refractivity contribution in [2.45, 2.75) is 26.3 Å². The van der Waals surface area contributed by atoms with Crippen molar-refractivity contribution in [3.8, 4) is 0 Å². The van der Waals surface area contributed by atoms with E-state index in [0.29, 0.717) is 5.92 Å². The molecule has 2 unspecified atom stereocenters. The van der Waals surface area contributed by atoms with Crippen molar-refractivity contribution >= 4 is 0 Å². The highest BCUT2D eigenvalue weighted by atomic mass is 19.1. The Labute approximate surface area is 96.5 Å². The van der Waals surface area contributed by atoms with Gasteiger partial charge in [0.1, 0.15) is 5.82 Å². The van der Waals surface area contributed by atoms with Crippen LogP contribution in [-0.4, -0.2) is 18.3 Å². The number of nitrogens with one attached hydrogen (secondary N) is 1. The Morgan fingerprint density at radius 1 is 1.38 bits per heavy atom. The smallest absolute Gasteiger partial charge is 0.123 e. The molecule has 0 heterocycles. The van der Waals surface area contributed by atoms with E-state index in [2.05, 4.69) is 12.2 Å². The first-order valence-corrected chi connectivity index (χ1v) is 5.73. The summed E-state index contributed by atoms with van der Waals surface area (Å²) >= 11 is 0. The topological polar surface area (TPSA) is 32.3 Å². The third kappa shape index (κ3) is 4.29. The Balaban J connectivity index is 2.43. The zero-order valence-electron chi connectivity index (χ0n) is 9.91. The van der Waals surface area contributed by atoms with E-state index in [1.807, 2.05) is 13.0 Å². The van der Waals surface area contributed by atoms with Gasteiger partial charge < -0.3 is 10.4 Å². The Kier molecular flexibility index (Phi) is 5.43. The van der Waals surface area contributed by atoms with Gasteiger partial charge in [-0.2, -0.15) is 0 Å². The summed E-state index contributed by atoms with van der Waals surface area (Å²) in [5, 5.41) is 12.1. The summed E-state index contributed by atoms with van der Waals surface area (Å²) < 4.78 is 13.0. The minimum atomic E-state index is -0.199. The molecule has 0 spiro atoms. The minimum Gasteiger partial charge on any atom is -0.396 e. The van der Waals surface area contributed by atoms with Crippen LogP contribution in [0.5, 0.6) is 0 Å². The first kappa shape index (κ1) is 13.1. The number of halogens is 1. The van der Waals surface area contributed by atoms with E-state index in [-0.39, 0.29) is 18.5 Å². The van der Waals surface area contributed by atoms with Gasteiger partial charge in [-0.3, -0.25) is 0 Å². The van der Waals surface area contributed by atoms with E-state index in [1.54, 1.807) is 12.1 Å². The van der Waals surface area contributed by atoms with Gasteiger partial charge in [-0.05, 0) is 43.5 Å². The summed E-state index contributed by atoms with van der Waals surface area (Å²) in [6.07, 6.45) is 0.795. The van der Waals surface area contributed by atoms with Crippen molar-refractivity contribution in [3.63, 3.8) is 0 Å². The van der Waals surface area contributed by atoms with E-state index in [4.69, 9.17) is 5.11 Å². The Bertz CT molecular complexity index is 317. The molecule has 0 aromatic heterocycles. The molecule has 90 valence electrons. The fourth-order valence-corrected chi connectivity index (χ4v) is 1.59. The number of hydrogen-bond donors (Lipinski definition) is 2. The van der Waals surface area contributed by atoms with Gasteiger partial charge in [0.15, 0.2) is 0 Å². The Hall–Kier alpha value is -0.930. The van der Waals surface area contributed by atoms with E-state index in [0.717, 1.165) is 18.5 Å². The van der Waals surface area contributed by atoms with Crippen LogP contribution in [-0.2, 0) is 0 Å². The predicted octanol–water partition coefficient (Wildman–Crippen LogP) is 2.49. The first-order chi connectivity index (χ1) is 7.63. The third-order valence-corrected chi connectivity index (χ3v) is 2.74. The molecule has 1 aromatic carbocycles. The van der Waals surface area contributed by atoms with E-state index < -0.39 is 0 Å². The summed E-state index contributed by atoms with van der Waals surface area (Å²) in [5.41, 5.74) is 0.955. The van der Waals surface area contributed by atoms with Crippen molar-refractivity contribution < 1.29 is 9.50 Å². The molecule has 0 radical (unpaired) electrons. The van der Waals surface area contributed by atoms with Crippen molar-refractivity contribution in [3.05, 3.63) is 35.6 Å². The average molecular weight is 225 g/mol. The largest absolute Gasteiger partial charge is 0.396 e. The van der Waals surface area contributed by atoms with Crippen LogP contribution in [0.1, 0.15) is 31.9 Å². The van der Waals surface area contributed by atoms with Crippen molar-refractivity contribution in [1.82, 2.24) is 5.32 Å². The SMILES string of the molecule is CC(CCO)CNC(C)c1cccc(F)c1. The maximum absolute atomic E-state index is 13.0. The lowest BCUT2D eigenvalue weighted by atomic mass is 10.1. The minimum absolute atomic E-state index is 0.136.